The third kappa shape index (κ3) is 2.86. The van der Waals surface area contributed by atoms with Crippen LogP contribution in [0.3, 0.4) is 0 Å². The van der Waals surface area contributed by atoms with Gasteiger partial charge in [-0.05, 0) is 29.1 Å². The van der Waals surface area contributed by atoms with E-state index in [0.717, 1.165) is 16.9 Å². The number of ether oxygens (including phenoxy) is 1. The molecular weight excluding hydrogens is 286 g/mol. The standard InChI is InChI=1S/C15H17N3O2S/c1-18(14-6-7-20-14)15(19)17-12-9-10(4-5-11(12)16)13-3-2-8-21-13/h2-5,8-9,14H,6-7,16H2,1H3,(H,17,19). The van der Waals surface area contributed by atoms with Gasteiger partial charge in [0.2, 0.25) is 0 Å². The predicted molar refractivity (Wildman–Crippen MR) is 85.3 cm³/mol. The predicted octanol–water partition coefficient (Wildman–Crippen LogP) is 3.21. The number of nitrogen functional groups attached to an aromatic ring is 1. The molecule has 0 aliphatic carbocycles. The number of nitrogens with two attached hydrogens (primary N) is 1. The second-order valence-corrected chi connectivity index (χ2v) is 5.88. The van der Waals surface area contributed by atoms with Gasteiger partial charge in [-0.25, -0.2) is 4.79 Å². The van der Waals surface area contributed by atoms with Crippen molar-refractivity contribution in [1.82, 2.24) is 4.90 Å². The molecule has 1 aliphatic rings. The quantitative estimate of drug-likeness (QED) is 0.856. The van der Waals surface area contributed by atoms with Crippen molar-refractivity contribution in [1.29, 1.82) is 0 Å². The Bertz CT molecular complexity index is 638. The molecule has 0 spiro atoms. The van der Waals surface area contributed by atoms with Crippen LogP contribution in [0.1, 0.15) is 6.42 Å². The van der Waals surface area contributed by atoms with Crippen LogP contribution >= 0.6 is 11.3 Å². The number of nitrogens with one attached hydrogen (secondary N) is 1. The van der Waals surface area contributed by atoms with Crippen LogP contribution in [0.15, 0.2) is 35.7 Å². The van der Waals surface area contributed by atoms with E-state index >= 15 is 0 Å². The maximum atomic E-state index is 12.2. The van der Waals surface area contributed by atoms with Crippen LogP contribution in [0.5, 0.6) is 0 Å². The van der Waals surface area contributed by atoms with Crippen molar-refractivity contribution in [2.24, 2.45) is 0 Å². The highest BCUT2D eigenvalue weighted by Gasteiger charge is 2.26. The highest BCUT2D eigenvalue weighted by molar-refractivity contribution is 7.13. The van der Waals surface area contributed by atoms with Crippen molar-refractivity contribution in [3.63, 3.8) is 0 Å². The Morgan fingerprint density at radius 1 is 1.48 bits per heavy atom. The second kappa shape index (κ2) is 5.75. The first kappa shape index (κ1) is 13.9. The molecule has 0 radical (unpaired) electrons. The van der Waals surface area contributed by atoms with Gasteiger partial charge in [-0.1, -0.05) is 12.1 Å². The van der Waals surface area contributed by atoms with Gasteiger partial charge < -0.3 is 20.7 Å². The van der Waals surface area contributed by atoms with E-state index in [2.05, 4.69) is 5.32 Å². The summed E-state index contributed by atoms with van der Waals surface area (Å²) in [5.41, 5.74) is 8.16. The average Bonchev–Trinajstić information content (AvgIpc) is 2.93. The minimum Gasteiger partial charge on any atom is -0.397 e. The van der Waals surface area contributed by atoms with E-state index < -0.39 is 0 Å². The first-order chi connectivity index (χ1) is 10.1. The number of benzene rings is 1. The van der Waals surface area contributed by atoms with E-state index in [1.165, 1.54) is 0 Å². The van der Waals surface area contributed by atoms with Crippen molar-refractivity contribution in [3.05, 3.63) is 35.7 Å². The van der Waals surface area contributed by atoms with E-state index in [9.17, 15) is 4.79 Å². The molecule has 1 aromatic heterocycles. The van der Waals surface area contributed by atoms with E-state index in [1.54, 1.807) is 23.3 Å². The van der Waals surface area contributed by atoms with Crippen LogP contribution in [-0.2, 0) is 4.74 Å². The lowest BCUT2D eigenvalue weighted by Crippen LogP contribution is -2.47. The summed E-state index contributed by atoms with van der Waals surface area (Å²) < 4.78 is 5.30. The number of thiophene rings is 1. The molecule has 1 atom stereocenters. The molecule has 0 bridgehead atoms. The second-order valence-electron chi connectivity index (χ2n) is 4.93. The lowest BCUT2D eigenvalue weighted by Gasteiger charge is -2.34. The summed E-state index contributed by atoms with van der Waals surface area (Å²) in [4.78, 5) is 14.9. The van der Waals surface area contributed by atoms with Gasteiger partial charge in [0.15, 0.2) is 0 Å². The van der Waals surface area contributed by atoms with Gasteiger partial charge in [0.1, 0.15) is 6.23 Å². The van der Waals surface area contributed by atoms with Crippen LogP contribution in [0.25, 0.3) is 10.4 Å². The maximum Gasteiger partial charge on any atom is 0.323 e. The molecule has 1 aromatic carbocycles. The third-order valence-electron chi connectivity index (χ3n) is 3.53. The molecule has 1 aliphatic heterocycles. The first-order valence-electron chi connectivity index (χ1n) is 6.74. The molecule has 21 heavy (non-hydrogen) atoms. The number of hydrogen-bond acceptors (Lipinski definition) is 4. The topological polar surface area (TPSA) is 67.6 Å². The summed E-state index contributed by atoms with van der Waals surface area (Å²) in [5.74, 6) is 0. The fraction of sp³-hybridized carbons (Fsp3) is 0.267. The molecule has 1 saturated heterocycles. The van der Waals surface area contributed by atoms with Crippen LogP contribution < -0.4 is 11.1 Å². The highest BCUT2D eigenvalue weighted by atomic mass is 32.1. The average molecular weight is 303 g/mol. The number of anilines is 2. The third-order valence-corrected chi connectivity index (χ3v) is 4.45. The highest BCUT2D eigenvalue weighted by Crippen LogP contribution is 2.30. The van der Waals surface area contributed by atoms with Gasteiger partial charge in [-0.3, -0.25) is 0 Å². The monoisotopic (exact) mass is 303 g/mol. The zero-order valence-corrected chi connectivity index (χ0v) is 12.5. The van der Waals surface area contributed by atoms with Gasteiger partial charge in [0.25, 0.3) is 0 Å². The van der Waals surface area contributed by atoms with Crippen LogP contribution in [-0.4, -0.2) is 30.8 Å². The maximum absolute atomic E-state index is 12.2. The minimum atomic E-state index is -0.213. The molecular formula is C15H17N3O2S. The number of nitrogens with zero attached hydrogens (tertiary/aromatic N) is 1. The summed E-state index contributed by atoms with van der Waals surface area (Å²) in [6.45, 7) is 0.707. The molecule has 6 heteroatoms. The van der Waals surface area contributed by atoms with Crippen molar-refractivity contribution < 1.29 is 9.53 Å². The van der Waals surface area contributed by atoms with E-state index in [-0.39, 0.29) is 12.3 Å². The Balaban J connectivity index is 1.78. The lowest BCUT2D eigenvalue weighted by molar-refractivity contribution is -0.116. The largest absolute Gasteiger partial charge is 0.397 e. The molecule has 3 N–H and O–H groups in total. The molecule has 5 nitrogen and oxygen atoms in total. The Morgan fingerprint density at radius 2 is 2.29 bits per heavy atom. The summed E-state index contributed by atoms with van der Waals surface area (Å²) in [6.07, 6.45) is 0.737. The zero-order chi connectivity index (χ0) is 14.8. The summed E-state index contributed by atoms with van der Waals surface area (Å²) in [6, 6.07) is 9.48. The summed E-state index contributed by atoms with van der Waals surface area (Å²) in [5, 5.41) is 4.87. The fourth-order valence-corrected chi connectivity index (χ4v) is 2.85. The number of carbonyl (C=O) groups excluding carboxylic acids is 1. The summed E-state index contributed by atoms with van der Waals surface area (Å²) in [7, 11) is 1.72. The zero-order valence-electron chi connectivity index (χ0n) is 11.7. The summed E-state index contributed by atoms with van der Waals surface area (Å²) >= 11 is 1.65. The molecule has 2 heterocycles. The normalized spacial score (nSPS) is 17.1. The van der Waals surface area contributed by atoms with Gasteiger partial charge in [0.05, 0.1) is 18.0 Å². The minimum absolute atomic E-state index is 0.133. The molecule has 2 amide bonds. The Hall–Kier alpha value is -2.05. The molecule has 1 fully saturated rings. The molecule has 3 rings (SSSR count). The lowest BCUT2D eigenvalue weighted by atomic mass is 10.1. The number of rotatable bonds is 3. The van der Waals surface area contributed by atoms with E-state index in [1.807, 2.05) is 35.7 Å². The molecule has 0 saturated carbocycles. The van der Waals surface area contributed by atoms with Gasteiger partial charge in [0, 0.05) is 18.3 Å². The van der Waals surface area contributed by atoms with Gasteiger partial charge in [-0.15, -0.1) is 11.3 Å². The van der Waals surface area contributed by atoms with E-state index in [0.29, 0.717) is 18.0 Å². The van der Waals surface area contributed by atoms with Crippen LogP contribution in [0.4, 0.5) is 16.2 Å². The smallest absolute Gasteiger partial charge is 0.323 e. The molecule has 1 unspecified atom stereocenters. The Labute approximate surface area is 127 Å². The number of urea groups is 1. The van der Waals surface area contributed by atoms with E-state index in [4.69, 9.17) is 10.5 Å². The molecule has 110 valence electrons. The van der Waals surface area contributed by atoms with Crippen LogP contribution in [0.2, 0.25) is 0 Å². The number of carbonyl (C=O) groups is 1. The fourth-order valence-electron chi connectivity index (χ4n) is 2.12. The van der Waals surface area contributed by atoms with Crippen molar-refractivity contribution >= 4 is 28.7 Å². The Morgan fingerprint density at radius 3 is 2.90 bits per heavy atom. The SMILES string of the molecule is CN(C(=O)Nc1cc(-c2cccs2)ccc1N)C1CCO1. The number of hydrogen-bond donors (Lipinski definition) is 2. The van der Waals surface area contributed by atoms with Crippen molar-refractivity contribution in [2.75, 3.05) is 24.7 Å². The Kier molecular flexibility index (Phi) is 3.81. The van der Waals surface area contributed by atoms with Gasteiger partial charge >= 0.3 is 6.03 Å². The van der Waals surface area contributed by atoms with Crippen molar-refractivity contribution in [3.8, 4) is 10.4 Å². The van der Waals surface area contributed by atoms with Crippen molar-refractivity contribution in [2.45, 2.75) is 12.6 Å². The first-order valence-corrected chi connectivity index (χ1v) is 7.62. The molecule has 2 aromatic rings. The van der Waals surface area contributed by atoms with Crippen LogP contribution in [0, 0.1) is 0 Å². The number of amides is 2. The van der Waals surface area contributed by atoms with Gasteiger partial charge in [-0.2, -0.15) is 0 Å².